The van der Waals surface area contributed by atoms with Crippen LogP contribution in [0.3, 0.4) is 0 Å². The van der Waals surface area contributed by atoms with Crippen molar-refractivity contribution in [3.05, 3.63) is 0 Å². The SMILES string of the molecule is NCC1CCN(C(=O)C2CCC(=O)NC2)CC1. The highest BCUT2D eigenvalue weighted by atomic mass is 16.2. The largest absolute Gasteiger partial charge is 0.355 e. The number of hydrogen-bond donors (Lipinski definition) is 2. The standard InChI is InChI=1S/C12H21N3O2/c13-7-9-3-5-15(6-4-9)12(17)10-1-2-11(16)14-8-10/h9-10H,1-8,13H2,(H,14,16). The first-order valence-electron chi connectivity index (χ1n) is 6.46. The van der Waals surface area contributed by atoms with Crippen LogP contribution in [0.5, 0.6) is 0 Å². The summed E-state index contributed by atoms with van der Waals surface area (Å²) in [6.07, 6.45) is 3.21. The van der Waals surface area contributed by atoms with E-state index in [-0.39, 0.29) is 17.7 Å². The van der Waals surface area contributed by atoms with E-state index in [4.69, 9.17) is 5.73 Å². The van der Waals surface area contributed by atoms with Gasteiger partial charge in [0.05, 0.1) is 5.92 Å². The Balaban J connectivity index is 1.82. The van der Waals surface area contributed by atoms with Crippen LogP contribution in [-0.4, -0.2) is 42.9 Å². The van der Waals surface area contributed by atoms with E-state index in [1.807, 2.05) is 4.90 Å². The van der Waals surface area contributed by atoms with E-state index in [1.54, 1.807) is 0 Å². The van der Waals surface area contributed by atoms with Crippen molar-refractivity contribution < 1.29 is 9.59 Å². The summed E-state index contributed by atoms with van der Waals surface area (Å²) >= 11 is 0. The summed E-state index contributed by atoms with van der Waals surface area (Å²) in [6.45, 7) is 2.88. The average Bonchev–Trinajstić information content (AvgIpc) is 2.39. The maximum Gasteiger partial charge on any atom is 0.227 e. The van der Waals surface area contributed by atoms with Crippen molar-refractivity contribution in [1.82, 2.24) is 10.2 Å². The Kier molecular flexibility index (Phi) is 3.99. The Morgan fingerprint density at radius 2 is 2.06 bits per heavy atom. The van der Waals surface area contributed by atoms with E-state index in [0.717, 1.165) is 32.5 Å². The predicted molar refractivity (Wildman–Crippen MR) is 64.1 cm³/mol. The number of amides is 2. The predicted octanol–water partition coefficient (Wildman–Crippen LogP) is -0.290. The van der Waals surface area contributed by atoms with Crippen LogP contribution in [0, 0.1) is 11.8 Å². The molecule has 2 amide bonds. The number of nitrogens with zero attached hydrogens (tertiary/aromatic N) is 1. The number of nitrogens with one attached hydrogen (secondary N) is 1. The number of nitrogens with two attached hydrogens (primary N) is 1. The number of rotatable bonds is 2. The zero-order valence-corrected chi connectivity index (χ0v) is 10.2. The highest BCUT2D eigenvalue weighted by Crippen LogP contribution is 2.20. The first kappa shape index (κ1) is 12.4. The lowest BCUT2D eigenvalue weighted by Gasteiger charge is -2.34. The molecule has 1 unspecified atom stereocenters. The van der Waals surface area contributed by atoms with Crippen LogP contribution in [0.1, 0.15) is 25.7 Å². The first-order valence-corrected chi connectivity index (χ1v) is 6.46. The summed E-state index contributed by atoms with van der Waals surface area (Å²) < 4.78 is 0. The minimum atomic E-state index is -0.0119. The van der Waals surface area contributed by atoms with Gasteiger partial charge in [-0.05, 0) is 31.7 Å². The van der Waals surface area contributed by atoms with Gasteiger partial charge in [0.1, 0.15) is 0 Å². The molecule has 17 heavy (non-hydrogen) atoms. The van der Waals surface area contributed by atoms with Crippen LogP contribution in [0.25, 0.3) is 0 Å². The fourth-order valence-electron chi connectivity index (χ4n) is 2.59. The maximum absolute atomic E-state index is 12.2. The van der Waals surface area contributed by atoms with Crippen LogP contribution >= 0.6 is 0 Å². The van der Waals surface area contributed by atoms with Gasteiger partial charge in [-0.25, -0.2) is 0 Å². The second-order valence-electron chi connectivity index (χ2n) is 5.04. The van der Waals surface area contributed by atoms with Gasteiger partial charge in [0, 0.05) is 26.1 Å². The minimum Gasteiger partial charge on any atom is -0.355 e. The monoisotopic (exact) mass is 239 g/mol. The summed E-state index contributed by atoms with van der Waals surface area (Å²) in [6, 6.07) is 0. The maximum atomic E-state index is 12.2. The van der Waals surface area contributed by atoms with Crippen molar-refractivity contribution in [3.8, 4) is 0 Å². The smallest absolute Gasteiger partial charge is 0.227 e. The minimum absolute atomic E-state index is 0.0119. The van der Waals surface area contributed by atoms with Crippen molar-refractivity contribution in [2.24, 2.45) is 17.6 Å². The Morgan fingerprint density at radius 1 is 1.35 bits per heavy atom. The third kappa shape index (κ3) is 2.97. The molecule has 2 heterocycles. The van der Waals surface area contributed by atoms with Crippen molar-refractivity contribution in [1.29, 1.82) is 0 Å². The Morgan fingerprint density at radius 3 is 2.59 bits per heavy atom. The van der Waals surface area contributed by atoms with Gasteiger partial charge in [-0.2, -0.15) is 0 Å². The van der Waals surface area contributed by atoms with E-state index in [1.165, 1.54) is 0 Å². The highest BCUT2D eigenvalue weighted by molar-refractivity contribution is 5.83. The molecule has 0 aliphatic carbocycles. The summed E-state index contributed by atoms with van der Waals surface area (Å²) in [5.41, 5.74) is 5.63. The number of hydrogen-bond acceptors (Lipinski definition) is 3. The fraction of sp³-hybridized carbons (Fsp3) is 0.833. The van der Waals surface area contributed by atoms with Gasteiger partial charge in [0.2, 0.25) is 11.8 Å². The van der Waals surface area contributed by atoms with Gasteiger partial charge in [0.25, 0.3) is 0 Å². The highest BCUT2D eigenvalue weighted by Gasteiger charge is 2.30. The molecule has 2 saturated heterocycles. The molecule has 0 aromatic rings. The molecule has 3 N–H and O–H groups in total. The van der Waals surface area contributed by atoms with E-state index < -0.39 is 0 Å². The molecule has 0 aromatic carbocycles. The molecule has 2 rings (SSSR count). The molecule has 0 spiro atoms. The van der Waals surface area contributed by atoms with Crippen LogP contribution in [-0.2, 0) is 9.59 Å². The zero-order valence-electron chi connectivity index (χ0n) is 10.2. The molecule has 96 valence electrons. The molecule has 1 atom stereocenters. The van der Waals surface area contributed by atoms with Crippen molar-refractivity contribution in [2.75, 3.05) is 26.2 Å². The Hall–Kier alpha value is -1.10. The molecule has 0 radical (unpaired) electrons. The molecular weight excluding hydrogens is 218 g/mol. The second kappa shape index (κ2) is 5.49. The summed E-state index contributed by atoms with van der Waals surface area (Å²) in [7, 11) is 0. The van der Waals surface area contributed by atoms with Crippen LogP contribution in [0.2, 0.25) is 0 Å². The van der Waals surface area contributed by atoms with Gasteiger partial charge >= 0.3 is 0 Å². The third-order valence-electron chi connectivity index (χ3n) is 3.87. The molecule has 5 nitrogen and oxygen atoms in total. The van der Waals surface area contributed by atoms with Crippen molar-refractivity contribution in [2.45, 2.75) is 25.7 Å². The molecule has 5 heteroatoms. The topological polar surface area (TPSA) is 75.4 Å². The number of carbonyl (C=O) groups excluding carboxylic acids is 2. The number of likely N-dealkylation sites (tertiary alicyclic amines) is 1. The average molecular weight is 239 g/mol. The number of carbonyl (C=O) groups is 2. The Bertz CT molecular complexity index is 288. The van der Waals surface area contributed by atoms with E-state index >= 15 is 0 Å². The molecular formula is C12H21N3O2. The normalized spacial score (nSPS) is 26.8. The molecule has 0 saturated carbocycles. The second-order valence-corrected chi connectivity index (χ2v) is 5.04. The lowest BCUT2D eigenvalue weighted by Crippen LogP contribution is -2.47. The molecule has 0 aromatic heterocycles. The molecule has 0 bridgehead atoms. The van der Waals surface area contributed by atoms with Crippen LogP contribution < -0.4 is 11.1 Å². The van der Waals surface area contributed by atoms with E-state index in [0.29, 0.717) is 25.3 Å². The van der Waals surface area contributed by atoms with Gasteiger partial charge in [0.15, 0.2) is 0 Å². The molecule has 2 aliphatic rings. The lowest BCUT2D eigenvalue weighted by molar-refractivity contribution is -0.138. The van der Waals surface area contributed by atoms with Crippen molar-refractivity contribution >= 4 is 11.8 Å². The van der Waals surface area contributed by atoms with E-state index in [2.05, 4.69) is 5.32 Å². The summed E-state index contributed by atoms with van der Waals surface area (Å²) in [5.74, 6) is 0.837. The van der Waals surface area contributed by atoms with Crippen LogP contribution in [0.4, 0.5) is 0 Å². The van der Waals surface area contributed by atoms with Crippen LogP contribution in [0.15, 0.2) is 0 Å². The molecule has 2 aliphatic heterocycles. The van der Waals surface area contributed by atoms with Gasteiger partial charge in [-0.15, -0.1) is 0 Å². The lowest BCUT2D eigenvalue weighted by atomic mass is 9.93. The number of piperidine rings is 2. The first-order chi connectivity index (χ1) is 8.20. The van der Waals surface area contributed by atoms with E-state index in [9.17, 15) is 9.59 Å². The zero-order chi connectivity index (χ0) is 12.3. The Labute approximate surface area is 102 Å². The van der Waals surface area contributed by atoms with Crippen molar-refractivity contribution in [3.63, 3.8) is 0 Å². The summed E-state index contributed by atoms with van der Waals surface area (Å²) in [5, 5.41) is 2.77. The van der Waals surface area contributed by atoms with Gasteiger partial charge in [-0.1, -0.05) is 0 Å². The quantitative estimate of drug-likeness (QED) is 0.695. The summed E-state index contributed by atoms with van der Waals surface area (Å²) in [4.78, 5) is 25.2. The fourth-order valence-corrected chi connectivity index (χ4v) is 2.59. The van der Waals surface area contributed by atoms with Gasteiger partial charge < -0.3 is 16.0 Å². The molecule has 2 fully saturated rings. The van der Waals surface area contributed by atoms with Gasteiger partial charge in [-0.3, -0.25) is 9.59 Å². The third-order valence-corrected chi connectivity index (χ3v) is 3.87.